The van der Waals surface area contributed by atoms with Crippen LogP contribution in [0, 0.1) is 0 Å². The number of amides is 1. The van der Waals surface area contributed by atoms with Gasteiger partial charge in [-0.1, -0.05) is 0 Å². The minimum Gasteiger partial charge on any atom is -0.391 e. The van der Waals surface area contributed by atoms with E-state index in [4.69, 9.17) is 5.73 Å². The number of carbonyl (C=O) groups excluding carboxylic acids is 1. The lowest BCUT2D eigenvalue weighted by Gasteiger charge is -2.34. The van der Waals surface area contributed by atoms with Crippen LogP contribution >= 0.6 is 24.8 Å². The van der Waals surface area contributed by atoms with Crippen LogP contribution in [0.25, 0.3) is 0 Å². The fourth-order valence-corrected chi connectivity index (χ4v) is 3.20. The minimum absolute atomic E-state index is 0. The molecule has 2 rings (SSSR count). The van der Waals surface area contributed by atoms with Crippen molar-refractivity contribution in [2.24, 2.45) is 5.73 Å². The van der Waals surface area contributed by atoms with E-state index in [0.29, 0.717) is 19.0 Å². The van der Waals surface area contributed by atoms with Crippen molar-refractivity contribution in [1.82, 2.24) is 19.4 Å². The van der Waals surface area contributed by atoms with E-state index in [1.807, 2.05) is 12.4 Å². The first-order valence-electron chi connectivity index (χ1n) is 8.78. The molecule has 1 saturated heterocycles. The SMILES string of the molecule is C[C@H](O)[C@@H](N)C(=O)N1CCC(c2nccn2CCCN(C)C)CC1.Cl.Cl. The number of aromatic nitrogens is 2. The van der Waals surface area contributed by atoms with Gasteiger partial charge in [0.1, 0.15) is 11.9 Å². The molecular weight excluding hydrogens is 377 g/mol. The highest BCUT2D eigenvalue weighted by Crippen LogP contribution is 2.27. The van der Waals surface area contributed by atoms with Gasteiger partial charge in [0.05, 0.1) is 6.10 Å². The predicted molar refractivity (Wildman–Crippen MR) is 108 cm³/mol. The topological polar surface area (TPSA) is 87.6 Å². The summed E-state index contributed by atoms with van der Waals surface area (Å²) in [6, 6.07) is -0.824. The van der Waals surface area contributed by atoms with E-state index in [-0.39, 0.29) is 30.7 Å². The second-order valence-corrected chi connectivity index (χ2v) is 7.00. The summed E-state index contributed by atoms with van der Waals surface area (Å²) >= 11 is 0. The molecule has 0 radical (unpaired) electrons. The van der Waals surface area contributed by atoms with E-state index in [0.717, 1.165) is 38.2 Å². The van der Waals surface area contributed by atoms with Crippen LogP contribution < -0.4 is 5.73 Å². The number of nitrogens with two attached hydrogens (primary N) is 1. The summed E-state index contributed by atoms with van der Waals surface area (Å²) in [5.74, 6) is 1.35. The Morgan fingerprint density at radius 1 is 1.38 bits per heavy atom. The summed E-state index contributed by atoms with van der Waals surface area (Å²) < 4.78 is 2.24. The minimum atomic E-state index is -0.824. The van der Waals surface area contributed by atoms with Gasteiger partial charge in [0, 0.05) is 37.9 Å². The number of imidazole rings is 1. The number of likely N-dealkylation sites (tertiary alicyclic amines) is 1. The van der Waals surface area contributed by atoms with Gasteiger partial charge in [0.15, 0.2) is 0 Å². The van der Waals surface area contributed by atoms with Crippen LogP contribution in [0.5, 0.6) is 0 Å². The fraction of sp³-hybridized carbons (Fsp3) is 0.765. The van der Waals surface area contributed by atoms with Crippen molar-refractivity contribution in [3.8, 4) is 0 Å². The third-order valence-electron chi connectivity index (χ3n) is 4.73. The maximum absolute atomic E-state index is 12.2. The summed E-state index contributed by atoms with van der Waals surface area (Å²) in [7, 11) is 4.17. The first kappa shape index (κ1) is 25.1. The molecule has 1 aromatic heterocycles. The lowest BCUT2D eigenvalue weighted by Crippen LogP contribution is -2.51. The molecule has 1 aliphatic heterocycles. The molecule has 3 N–H and O–H groups in total. The monoisotopic (exact) mass is 409 g/mol. The zero-order chi connectivity index (χ0) is 17.7. The second kappa shape index (κ2) is 11.8. The largest absolute Gasteiger partial charge is 0.391 e. The molecule has 9 heteroatoms. The van der Waals surface area contributed by atoms with Gasteiger partial charge in [0.25, 0.3) is 0 Å². The number of carbonyl (C=O) groups is 1. The quantitative estimate of drug-likeness (QED) is 0.703. The van der Waals surface area contributed by atoms with Crippen LogP contribution in [0.2, 0.25) is 0 Å². The first-order valence-corrected chi connectivity index (χ1v) is 8.78. The molecule has 0 saturated carbocycles. The Kier molecular flexibility index (Phi) is 11.4. The Hall–Kier alpha value is -0.860. The number of rotatable bonds is 7. The molecule has 0 aliphatic carbocycles. The van der Waals surface area contributed by atoms with Crippen molar-refractivity contribution >= 4 is 30.7 Å². The number of halogens is 2. The molecule has 0 bridgehead atoms. The van der Waals surface area contributed by atoms with Gasteiger partial charge in [-0.15, -0.1) is 24.8 Å². The average molecular weight is 410 g/mol. The van der Waals surface area contributed by atoms with Crippen molar-refractivity contribution in [2.75, 3.05) is 33.7 Å². The number of piperidine rings is 1. The normalized spacial score (nSPS) is 17.4. The number of aryl methyl sites for hydroxylation is 1. The van der Waals surface area contributed by atoms with E-state index in [9.17, 15) is 9.90 Å². The van der Waals surface area contributed by atoms with E-state index in [1.165, 1.54) is 0 Å². The van der Waals surface area contributed by atoms with Crippen LogP contribution in [0.4, 0.5) is 0 Å². The smallest absolute Gasteiger partial charge is 0.242 e. The van der Waals surface area contributed by atoms with Crippen molar-refractivity contribution in [3.05, 3.63) is 18.2 Å². The molecule has 0 aromatic carbocycles. The van der Waals surface area contributed by atoms with E-state index >= 15 is 0 Å². The van der Waals surface area contributed by atoms with Gasteiger partial charge in [-0.3, -0.25) is 4.79 Å². The maximum Gasteiger partial charge on any atom is 0.242 e. The first-order chi connectivity index (χ1) is 11.4. The highest BCUT2D eigenvalue weighted by Gasteiger charge is 2.30. The van der Waals surface area contributed by atoms with Gasteiger partial charge in [-0.25, -0.2) is 4.98 Å². The molecule has 26 heavy (non-hydrogen) atoms. The fourth-order valence-electron chi connectivity index (χ4n) is 3.20. The Balaban J connectivity index is 0.00000312. The Labute approximate surface area is 168 Å². The molecule has 7 nitrogen and oxygen atoms in total. The van der Waals surface area contributed by atoms with Crippen molar-refractivity contribution in [1.29, 1.82) is 0 Å². The molecule has 1 aliphatic rings. The molecule has 1 amide bonds. The summed E-state index contributed by atoms with van der Waals surface area (Å²) in [6.45, 7) is 4.93. The van der Waals surface area contributed by atoms with Gasteiger partial charge in [-0.2, -0.15) is 0 Å². The molecule has 152 valence electrons. The molecule has 1 aromatic rings. The standard InChI is InChI=1S/C17H31N5O2.2ClH/c1-13(23)15(18)17(24)22-10-5-14(6-11-22)16-19-7-12-21(16)9-4-8-20(2)3;;/h7,12-15,23H,4-6,8-11,18H2,1-3H3;2*1H/t13-,15+;;/m0../s1. The summed E-state index contributed by atoms with van der Waals surface area (Å²) in [5.41, 5.74) is 5.76. The highest BCUT2D eigenvalue weighted by atomic mass is 35.5. The van der Waals surface area contributed by atoms with E-state index in [2.05, 4.69) is 28.5 Å². The van der Waals surface area contributed by atoms with Crippen molar-refractivity contribution < 1.29 is 9.90 Å². The zero-order valence-electron chi connectivity index (χ0n) is 15.9. The van der Waals surface area contributed by atoms with Gasteiger partial charge >= 0.3 is 0 Å². The summed E-state index contributed by atoms with van der Waals surface area (Å²) in [5, 5.41) is 9.49. The number of hydrogen-bond donors (Lipinski definition) is 2. The number of aliphatic hydroxyl groups excluding tert-OH is 1. The molecule has 0 unspecified atom stereocenters. The molecule has 0 spiro atoms. The molecule has 1 fully saturated rings. The second-order valence-electron chi connectivity index (χ2n) is 7.00. The predicted octanol–water partition coefficient (Wildman–Crippen LogP) is 1.09. The van der Waals surface area contributed by atoms with Crippen molar-refractivity contribution in [3.63, 3.8) is 0 Å². The lowest BCUT2D eigenvalue weighted by atomic mass is 9.95. The van der Waals surface area contributed by atoms with Crippen LogP contribution in [0.1, 0.15) is 37.9 Å². The Morgan fingerprint density at radius 2 is 2.00 bits per heavy atom. The summed E-state index contributed by atoms with van der Waals surface area (Å²) in [4.78, 5) is 20.7. The molecule has 2 atom stereocenters. The maximum atomic E-state index is 12.2. The van der Waals surface area contributed by atoms with E-state index < -0.39 is 12.1 Å². The summed E-state index contributed by atoms with van der Waals surface area (Å²) in [6.07, 6.45) is 5.98. The Bertz CT molecular complexity index is 531. The number of nitrogens with zero attached hydrogens (tertiary/aromatic N) is 4. The van der Waals surface area contributed by atoms with Gasteiger partial charge < -0.3 is 25.2 Å². The van der Waals surface area contributed by atoms with E-state index in [1.54, 1.807) is 11.8 Å². The third kappa shape index (κ3) is 6.70. The van der Waals surface area contributed by atoms with Crippen LogP contribution in [-0.2, 0) is 11.3 Å². The highest BCUT2D eigenvalue weighted by molar-refractivity contribution is 5.85. The third-order valence-corrected chi connectivity index (χ3v) is 4.73. The zero-order valence-corrected chi connectivity index (χ0v) is 17.5. The number of aliphatic hydroxyl groups is 1. The molecule has 2 heterocycles. The van der Waals surface area contributed by atoms with Crippen LogP contribution in [-0.4, -0.2) is 76.2 Å². The van der Waals surface area contributed by atoms with Crippen molar-refractivity contribution in [2.45, 2.75) is 50.8 Å². The van der Waals surface area contributed by atoms with Crippen LogP contribution in [0.3, 0.4) is 0 Å². The van der Waals surface area contributed by atoms with Crippen LogP contribution in [0.15, 0.2) is 12.4 Å². The Morgan fingerprint density at radius 3 is 2.54 bits per heavy atom. The number of hydrogen-bond acceptors (Lipinski definition) is 5. The van der Waals surface area contributed by atoms with Gasteiger partial charge in [-0.05, 0) is 46.8 Å². The average Bonchev–Trinajstić information content (AvgIpc) is 3.01. The molecular formula is C17H33Cl2N5O2. The lowest BCUT2D eigenvalue weighted by molar-refractivity contribution is -0.135. The van der Waals surface area contributed by atoms with Gasteiger partial charge in [0.2, 0.25) is 5.91 Å².